The molecule has 2 aromatic heterocycles. The molecular formula is C19H30N6O. The van der Waals surface area contributed by atoms with Gasteiger partial charge in [-0.15, -0.1) is 0 Å². The second-order valence-corrected chi connectivity index (χ2v) is 7.40. The number of rotatable bonds is 6. The molecule has 0 radical (unpaired) electrons. The number of likely N-dealkylation sites (tertiary alicyclic amines) is 1. The zero-order valence-electron chi connectivity index (χ0n) is 16.3. The van der Waals surface area contributed by atoms with Crippen LogP contribution in [-0.4, -0.2) is 69.2 Å². The molecule has 1 N–H and O–H groups in total. The Balaban J connectivity index is 1.72. The molecule has 0 saturated carbocycles. The first-order valence-electron chi connectivity index (χ1n) is 9.50. The summed E-state index contributed by atoms with van der Waals surface area (Å²) >= 11 is 0. The van der Waals surface area contributed by atoms with Gasteiger partial charge in [0.15, 0.2) is 5.69 Å². The number of amides is 1. The first-order chi connectivity index (χ1) is 12.5. The Morgan fingerprint density at radius 2 is 2.23 bits per heavy atom. The summed E-state index contributed by atoms with van der Waals surface area (Å²) in [6.45, 7) is 7.45. The van der Waals surface area contributed by atoms with Crippen LogP contribution in [0.3, 0.4) is 0 Å². The molecule has 7 nitrogen and oxygen atoms in total. The molecule has 1 atom stereocenters. The van der Waals surface area contributed by atoms with E-state index in [1.807, 2.05) is 24.2 Å². The molecule has 7 heteroatoms. The van der Waals surface area contributed by atoms with Crippen LogP contribution in [0.2, 0.25) is 0 Å². The van der Waals surface area contributed by atoms with Crippen molar-refractivity contribution in [1.29, 1.82) is 0 Å². The molecule has 26 heavy (non-hydrogen) atoms. The van der Waals surface area contributed by atoms with Gasteiger partial charge in [-0.25, -0.2) is 4.98 Å². The number of H-pyrrole nitrogens is 1. The van der Waals surface area contributed by atoms with Crippen molar-refractivity contribution >= 4 is 5.91 Å². The number of aromatic nitrogens is 4. The molecular weight excluding hydrogens is 328 g/mol. The topological polar surface area (TPSA) is 70.0 Å². The smallest absolute Gasteiger partial charge is 0.274 e. The van der Waals surface area contributed by atoms with E-state index in [0.717, 1.165) is 56.0 Å². The maximum absolute atomic E-state index is 13.0. The van der Waals surface area contributed by atoms with Gasteiger partial charge >= 0.3 is 0 Å². The molecule has 0 spiro atoms. The molecule has 142 valence electrons. The molecule has 0 aromatic carbocycles. The molecule has 0 aliphatic carbocycles. The van der Waals surface area contributed by atoms with E-state index in [2.05, 4.69) is 45.7 Å². The van der Waals surface area contributed by atoms with Crippen LogP contribution in [0.25, 0.3) is 0 Å². The van der Waals surface area contributed by atoms with Gasteiger partial charge in [0.2, 0.25) is 0 Å². The molecule has 1 aliphatic heterocycles. The lowest BCUT2D eigenvalue weighted by atomic mass is 9.96. The second-order valence-electron chi connectivity index (χ2n) is 7.40. The van der Waals surface area contributed by atoms with Gasteiger partial charge in [-0.05, 0) is 40.3 Å². The monoisotopic (exact) mass is 358 g/mol. The van der Waals surface area contributed by atoms with Crippen molar-refractivity contribution in [2.45, 2.75) is 45.6 Å². The quantitative estimate of drug-likeness (QED) is 0.858. The number of hydrogen-bond acceptors (Lipinski definition) is 4. The highest BCUT2D eigenvalue weighted by molar-refractivity contribution is 5.94. The van der Waals surface area contributed by atoms with E-state index in [1.54, 1.807) is 0 Å². The van der Waals surface area contributed by atoms with Gasteiger partial charge in [0.25, 0.3) is 5.91 Å². The molecule has 1 fully saturated rings. The molecule has 1 unspecified atom stereocenters. The van der Waals surface area contributed by atoms with Crippen LogP contribution < -0.4 is 0 Å². The number of carbonyl (C=O) groups excluding carboxylic acids is 1. The lowest BCUT2D eigenvalue weighted by Crippen LogP contribution is -2.40. The van der Waals surface area contributed by atoms with Crippen molar-refractivity contribution in [2.75, 3.05) is 33.7 Å². The van der Waals surface area contributed by atoms with Crippen LogP contribution in [-0.2, 0) is 13.0 Å². The molecule has 2 aromatic rings. The van der Waals surface area contributed by atoms with E-state index in [-0.39, 0.29) is 11.8 Å². The fourth-order valence-electron chi connectivity index (χ4n) is 3.69. The zero-order valence-corrected chi connectivity index (χ0v) is 16.3. The third-order valence-electron chi connectivity index (χ3n) is 5.28. The Morgan fingerprint density at radius 3 is 2.92 bits per heavy atom. The van der Waals surface area contributed by atoms with E-state index in [1.165, 1.54) is 0 Å². The molecule has 3 heterocycles. The number of piperidine rings is 1. The van der Waals surface area contributed by atoms with Gasteiger partial charge < -0.3 is 14.4 Å². The van der Waals surface area contributed by atoms with Crippen LogP contribution in [0.4, 0.5) is 0 Å². The molecule has 1 aliphatic rings. The fraction of sp³-hybridized carbons (Fsp3) is 0.632. The number of nitrogens with zero attached hydrogens (tertiary/aromatic N) is 5. The summed E-state index contributed by atoms with van der Waals surface area (Å²) in [5, 5.41) is 7.27. The van der Waals surface area contributed by atoms with Gasteiger partial charge in [-0.2, -0.15) is 5.10 Å². The van der Waals surface area contributed by atoms with E-state index in [4.69, 9.17) is 0 Å². The first-order valence-corrected chi connectivity index (χ1v) is 9.50. The first kappa shape index (κ1) is 18.6. The second kappa shape index (κ2) is 8.03. The summed E-state index contributed by atoms with van der Waals surface area (Å²) < 4.78 is 2.23. The predicted molar refractivity (Wildman–Crippen MR) is 101 cm³/mol. The summed E-state index contributed by atoms with van der Waals surface area (Å²) in [6, 6.07) is 0. The van der Waals surface area contributed by atoms with Crippen molar-refractivity contribution in [3.63, 3.8) is 0 Å². The third kappa shape index (κ3) is 3.82. The Hall–Kier alpha value is -2.15. The minimum atomic E-state index is 0.0366. The molecule has 0 bridgehead atoms. The minimum Gasteiger partial charge on any atom is -0.337 e. The summed E-state index contributed by atoms with van der Waals surface area (Å²) in [6.07, 6.45) is 6.85. The van der Waals surface area contributed by atoms with Gasteiger partial charge in [0.1, 0.15) is 5.82 Å². The highest BCUT2D eigenvalue weighted by atomic mass is 16.2. The van der Waals surface area contributed by atoms with Gasteiger partial charge in [0, 0.05) is 55.7 Å². The lowest BCUT2D eigenvalue weighted by Gasteiger charge is -2.32. The highest BCUT2D eigenvalue weighted by Crippen LogP contribution is 2.27. The van der Waals surface area contributed by atoms with Crippen LogP contribution in [0.15, 0.2) is 12.4 Å². The number of carbonyl (C=O) groups is 1. The highest BCUT2D eigenvalue weighted by Gasteiger charge is 2.30. The number of aromatic amines is 1. The van der Waals surface area contributed by atoms with E-state index >= 15 is 0 Å². The Labute approximate surface area is 155 Å². The number of likely N-dealkylation sites (N-methyl/N-ethyl adjacent to an activating group) is 1. The summed E-state index contributed by atoms with van der Waals surface area (Å²) in [5.41, 5.74) is 2.59. The number of hydrogen-bond donors (Lipinski definition) is 1. The number of nitrogens with one attached hydrogen (secondary N) is 1. The lowest BCUT2D eigenvalue weighted by molar-refractivity contribution is 0.0696. The van der Waals surface area contributed by atoms with Crippen molar-refractivity contribution in [2.24, 2.45) is 0 Å². The number of aryl methyl sites for hydroxylation is 1. The van der Waals surface area contributed by atoms with Crippen molar-refractivity contribution in [3.8, 4) is 0 Å². The maximum Gasteiger partial charge on any atom is 0.274 e. The van der Waals surface area contributed by atoms with Gasteiger partial charge in [0.05, 0.1) is 0 Å². The van der Waals surface area contributed by atoms with E-state index in [9.17, 15) is 4.79 Å². The molecule has 3 rings (SSSR count). The van der Waals surface area contributed by atoms with Crippen molar-refractivity contribution < 1.29 is 4.79 Å². The summed E-state index contributed by atoms with van der Waals surface area (Å²) in [5.74, 6) is 1.42. The van der Waals surface area contributed by atoms with Crippen molar-refractivity contribution in [1.82, 2.24) is 29.5 Å². The standard InChI is InChI=1S/C19H30N6O/c1-5-16-14(2)17(22-21-16)19(26)25-9-6-7-15(13-25)18-20-8-10-24(18)12-11-23(3)4/h8,10,15H,5-7,9,11-13H2,1-4H3,(H,21,22). The van der Waals surface area contributed by atoms with Crippen molar-refractivity contribution in [3.05, 3.63) is 35.2 Å². The normalized spacial score (nSPS) is 17.9. The summed E-state index contributed by atoms with van der Waals surface area (Å²) in [7, 11) is 4.16. The Morgan fingerprint density at radius 1 is 1.42 bits per heavy atom. The fourth-order valence-corrected chi connectivity index (χ4v) is 3.69. The number of imidazole rings is 1. The Kier molecular flexibility index (Phi) is 5.76. The van der Waals surface area contributed by atoms with Gasteiger partial charge in [-0.3, -0.25) is 9.89 Å². The van der Waals surface area contributed by atoms with Crippen LogP contribution in [0, 0.1) is 6.92 Å². The summed E-state index contributed by atoms with van der Waals surface area (Å²) in [4.78, 5) is 21.7. The van der Waals surface area contributed by atoms with Crippen LogP contribution in [0.1, 0.15) is 53.3 Å². The average Bonchev–Trinajstić information content (AvgIpc) is 3.25. The molecule has 1 saturated heterocycles. The van der Waals surface area contributed by atoms with Crippen LogP contribution >= 0.6 is 0 Å². The zero-order chi connectivity index (χ0) is 18.7. The third-order valence-corrected chi connectivity index (χ3v) is 5.28. The predicted octanol–water partition coefficient (Wildman–Crippen LogP) is 2.06. The largest absolute Gasteiger partial charge is 0.337 e. The van der Waals surface area contributed by atoms with E-state index in [0.29, 0.717) is 12.2 Å². The SMILES string of the molecule is CCc1[nH]nc(C(=O)N2CCCC(c3nccn3CCN(C)C)C2)c1C. The van der Waals surface area contributed by atoms with E-state index < -0.39 is 0 Å². The van der Waals surface area contributed by atoms with Crippen LogP contribution in [0.5, 0.6) is 0 Å². The molecule has 1 amide bonds. The Bertz CT molecular complexity index is 747. The average molecular weight is 358 g/mol. The minimum absolute atomic E-state index is 0.0366. The maximum atomic E-state index is 13.0. The van der Waals surface area contributed by atoms with Gasteiger partial charge in [-0.1, -0.05) is 6.92 Å².